The van der Waals surface area contributed by atoms with Gasteiger partial charge < -0.3 is 14.8 Å². The van der Waals surface area contributed by atoms with E-state index in [1.54, 1.807) is 31.4 Å². The number of rotatable bonds is 10. The van der Waals surface area contributed by atoms with Crippen LogP contribution in [0.5, 0.6) is 11.5 Å². The van der Waals surface area contributed by atoms with Gasteiger partial charge in [0.1, 0.15) is 24.1 Å². The Morgan fingerprint density at radius 2 is 1.72 bits per heavy atom. The van der Waals surface area contributed by atoms with Gasteiger partial charge in [0.05, 0.1) is 17.8 Å². The molecule has 1 unspecified atom stereocenters. The number of carbonyl (C=O) groups excluding carboxylic acids is 2. The smallest absolute Gasteiger partial charge is 0.262 e. The monoisotopic (exact) mass is 551 g/mol. The summed E-state index contributed by atoms with van der Waals surface area (Å²) in [4.78, 5) is 25.3. The zero-order valence-corrected chi connectivity index (χ0v) is 22.3. The van der Waals surface area contributed by atoms with E-state index in [1.807, 2.05) is 51.1 Å². The van der Waals surface area contributed by atoms with Gasteiger partial charge in [-0.05, 0) is 82.4 Å². The number of amides is 2. The van der Waals surface area contributed by atoms with Gasteiger partial charge in [0.15, 0.2) is 0 Å². The third-order valence-electron chi connectivity index (χ3n) is 5.45. The van der Waals surface area contributed by atoms with Crippen LogP contribution in [-0.4, -0.2) is 31.2 Å². The van der Waals surface area contributed by atoms with Gasteiger partial charge >= 0.3 is 0 Å². The molecule has 0 spiro atoms. The summed E-state index contributed by atoms with van der Waals surface area (Å²) in [5.41, 5.74) is 6.02. The van der Waals surface area contributed by atoms with Crippen molar-refractivity contribution in [1.82, 2.24) is 10.7 Å². The van der Waals surface area contributed by atoms with Crippen LogP contribution >= 0.6 is 15.9 Å². The second-order valence-corrected chi connectivity index (χ2v) is 9.48. The molecule has 3 rings (SSSR count). The standard InChI is InChI=1S/C28H30BrN3O4/c1-18(2)26(31-27(33)22-10-12-23(35-4)13-11-22)28(34)32-30-16-21-9-14-25(24(29)15-21)36-17-20-7-5-19(3)6-8-20/h5-16,18,26H,17H2,1-4H3,(H,31,33)(H,32,34). The number of carbonyl (C=O) groups is 2. The van der Waals surface area contributed by atoms with Gasteiger partial charge in [-0.2, -0.15) is 5.10 Å². The molecule has 188 valence electrons. The number of methoxy groups -OCH3 is 1. The second-order valence-electron chi connectivity index (χ2n) is 8.62. The molecule has 0 fully saturated rings. The number of hydrogen-bond donors (Lipinski definition) is 2. The van der Waals surface area contributed by atoms with Crippen LogP contribution in [-0.2, 0) is 11.4 Å². The number of halogens is 1. The van der Waals surface area contributed by atoms with Crippen LogP contribution in [0.15, 0.2) is 76.3 Å². The van der Waals surface area contributed by atoms with Crippen LogP contribution in [0.25, 0.3) is 0 Å². The Hall–Kier alpha value is -3.65. The van der Waals surface area contributed by atoms with Gasteiger partial charge in [0.25, 0.3) is 11.8 Å². The van der Waals surface area contributed by atoms with E-state index in [1.165, 1.54) is 11.8 Å². The molecule has 1 atom stereocenters. The maximum Gasteiger partial charge on any atom is 0.262 e. The molecular weight excluding hydrogens is 522 g/mol. The number of ether oxygens (including phenoxy) is 2. The number of nitrogens with zero attached hydrogens (tertiary/aromatic N) is 1. The topological polar surface area (TPSA) is 89.0 Å². The van der Waals surface area contributed by atoms with Crippen molar-refractivity contribution in [1.29, 1.82) is 0 Å². The first-order valence-electron chi connectivity index (χ1n) is 11.5. The van der Waals surface area contributed by atoms with E-state index in [-0.39, 0.29) is 11.8 Å². The van der Waals surface area contributed by atoms with Crippen molar-refractivity contribution >= 4 is 34.0 Å². The molecule has 3 aromatic carbocycles. The van der Waals surface area contributed by atoms with Crippen molar-refractivity contribution in [3.05, 3.63) is 93.5 Å². The van der Waals surface area contributed by atoms with Crippen molar-refractivity contribution < 1.29 is 19.1 Å². The van der Waals surface area contributed by atoms with Crippen molar-refractivity contribution in [3.8, 4) is 11.5 Å². The molecule has 7 nitrogen and oxygen atoms in total. The first kappa shape index (κ1) is 26.9. The minimum absolute atomic E-state index is 0.137. The van der Waals surface area contributed by atoms with Gasteiger partial charge in [-0.25, -0.2) is 5.43 Å². The lowest BCUT2D eigenvalue weighted by Crippen LogP contribution is -2.48. The van der Waals surface area contributed by atoms with E-state index in [2.05, 4.69) is 43.9 Å². The molecule has 0 radical (unpaired) electrons. The highest BCUT2D eigenvalue weighted by atomic mass is 79.9. The molecule has 36 heavy (non-hydrogen) atoms. The van der Waals surface area contributed by atoms with E-state index in [9.17, 15) is 9.59 Å². The maximum absolute atomic E-state index is 12.7. The molecule has 0 aliphatic heterocycles. The number of hydrazone groups is 1. The van der Waals surface area contributed by atoms with Gasteiger partial charge in [0, 0.05) is 5.56 Å². The second kappa shape index (κ2) is 12.9. The molecular formula is C28H30BrN3O4. The van der Waals surface area contributed by atoms with E-state index in [4.69, 9.17) is 9.47 Å². The fraction of sp³-hybridized carbons (Fsp3) is 0.250. The number of nitrogens with one attached hydrogen (secondary N) is 2. The Bertz CT molecular complexity index is 1210. The number of hydrogen-bond acceptors (Lipinski definition) is 5. The molecule has 3 aromatic rings. The Morgan fingerprint density at radius 1 is 1.03 bits per heavy atom. The largest absolute Gasteiger partial charge is 0.497 e. The zero-order valence-electron chi connectivity index (χ0n) is 20.7. The quantitative estimate of drug-likeness (QED) is 0.266. The van der Waals surface area contributed by atoms with Crippen molar-refractivity contribution in [2.45, 2.75) is 33.4 Å². The average molecular weight is 552 g/mol. The van der Waals surface area contributed by atoms with E-state index in [0.29, 0.717) is 23.7 Å². The van der Waals surface area contributed by atoms with E-state index >= 15 is 0 Å². The minimum Gasteiger partial charge on any atom is -0.497 e. The van der Waals surface area contributed by atoms with Gasteiger partial charge in [-0.15, -0.1) is 0 Å². The molecule has 8 heteroatoms. The third kappa shape index (κ3) is 7.68. The van der Waals surface area contributed by atoms with Crippen LogP contribution in [0.3, 0.4) is 0 Å². The molecule has 2 N–H and O–H groups in total. The van der Waals surface area contributed by atoms with Gasteiger partial charge in [-0.1, -0.05) is 43.7 Å². The zero-order chi connectivity index (χ0) is 26.1. The van der Waals surface area contributed by atoms with Crippen molar-refractivity contribution in [2.75, 3.05) is 7.11 Å². The Labute approximate surface area is 220 Å². The summed E-state index contributed by atoms with van der Waals surface area (Å²) in [6.45, 7) is 6.22. The Kier molecular flexibility index (Phi) is 9.64. The highest BCUT2D eigenvalue weighted by Crippen LogP contribution is 2.26. The lowest BCUT2D eigenvalue weighted by atomic mass is 10.0. The molecule has 2 amide bonds. The highest BCUT2D eigenvalue weighted by molar-refractivity contribution is 9.10. The first-order valence-corrected chi connectivity index (χ1v) is 12.3. The lowest BCUT2D eigenvalue weighted by Gasteiger charge is -2.20. The molecule has 0 bridgehead atoms. The molecule has 0 heterocycles. The first-order chi connectivity index (χ1) is 17.3. The maximum atomic E-state index is 12.7. The highest BCUT2D eigenvalue weighted by Gasteiger charge is 2.24. The fourth-order valence-corrected chi connectivity index (χ4v) is 3.81. The predicted molar refractivity (Wildman–Crippen MR) is 144 cm³/mol. The van der Waals surface area contributed by atoms with Crippen LogP contribution < -0.4 is 20.2 Å². The minimum atomic E-state index is -0.749. The number of aryl methyl sites for hydroxylation is 1. The molecule has 0 aliphatic rings. The van der Waals surface area contributed by atoms with Crippen LogP contribution in [0.1, 0.15) is 40.9 Å². The van der Waals surface area contributed by atoms with Crippen LogP contribution in [0, 0.1) is 12.8 Å². The molecule has 0 aromatic heterocycles. The summed E-state index contributed by atoms with van der Waals surface area (Å²) in [7, 11) is 1.56. The summed E-state index contributed by atoms with van der Waals surface area (Å²) >= 11 is 3.52. The fourth-order valence-electron chi connectivity index (χ4n) is 3.30. The summed E-state index contributed by atoms with van der Waals surface area (Å²) < 4.78 is 11.8. The molecule has 0 saturated carbocycles. The predicted octanol–water partition coefficient (Wildman–Crippen LogP) is 5.25. The van der Waals surface area contributed by atoms with Crippen LogP contribution in [0.2, 0.25) is 0 Å². The van der Waals surface area contributed by atoms with Gasteiger partial charge in [-0.3, -0.25) is 9.59 Å². The van der Waals surface area contributed by atoms with Gasteiger partial charge in [0.2, 0.25) is 0 Å². The van der Waals surface area contributed by atoms with Crippen molar-refractivity contribution in [2.24, 2.45) is 11.0 Å². The van der Waals surface area contributed by atoms with Crippen molar-refractivity contribution in [3.63, 3.8) is 0 Å². The summed E-state index contributed by atoms with van der Waals surface area (Å²) in [5, 5.41) is 6.84. The average Bonchev–Trinajstić information content (AvgIpc) is 2.87. The Balaban J connectivity index is 1.56. The third-order valence-corrected chi connectivity index (χ3v) is 6.07. The number of benzene rings is 3. The molecule has 0 saturated heterocycles. The summed E-state index contributed by atoms with van der Waals surface area (Å²) in [6.07, 6.45) is 1.54. The van der Waals surface area contributed by atoms with E-state index in [0.717, 1.165) is 15.6 Å². The lowest BCUT2D eigenvalue weighted by molar-refractivity contribution is -0.123. The SMILES string of the molecule is COc1ccc(C(=O)NC(C(=O)NN=Cc2ccc(OCc3ccc(C)cc3)c(Br)c2)C(C)C)cc1. The summed E-state index contributed by atoms with van der Waals surface area (Å²) in [6, 6.07) is 19.7. The van der Waals surface area contributed by atoms with E-state index < -0.39 is 11.9 Å². The normalized spacial score (nSPS) is 11.8. The summed E-state index contributed by atoms with van der Waals surface area (Å²) in [5.74, 6) is 0.469. The Morgan fingerprint density at radius 3 is 2.33 bits per heavy atom. The molecule has 0 aliphatic carbocycles. The van der Waals surface area contributed by atoms with Crippen LogP contribution in [0.4, 0.5) is 0 Å².